The molecule has 0 saturated heterocycles. The fourth-order valence-electron chi connectivity index (χ4n) is 1.20. The van der Waals surface area contributed by atoms with Gasteiger partial charge in [-0.2, -0.15) is 0 Å². The Labute approximate surface area is 100 Å². The normalized spacial score (nSPS) is 10.4. The smallest absolute Gasteiger partial charge is 0.315 e. The van der Waals surface area contributed by atoms with Gasteiger partial charge in [0.2, 0.25) is 5.89 Å². The number of hydrogen-bond acceptors (Lipinski definition) is 4. The second-order valence-corrected chi connectivity index (χ2v) is 4.08. The van der Waals surface area contributed by atoms with Gasteiger partial charge in [-0.1, -0.05) is 11.2 Å². The highest BCUT2D eigenvalue weighted by molar-refractivity contribution is 9.10. The molecule has 0 saturated carbocycles. The molecule has 2 aromatic rings. The highest BCUT2D eigenvalue weighted by Crippen LogP contribution is 2.17. The van der Waals surface area contributed by atoms with Crippen LogP contribution < -0.4 is 5.32 Å². The Hall–Kier alpha value is -1.43. The summed E-state index contributed by atoms with van der Waals surface area (Å²) < 4.78 is 18.8. The zero-order valence-electron chi connectivity index (χ0n) is 8.50. The van der Waals surface area contributed by atoms with E-state index in [1.807, 2.05) is 6.07 Å². The number of halogens is 2. The van der Waals surface area contributed by atoms with Crippen LogP contribution in [0.15, 0.2) is 27.1 Å². The average Bonchev–Trinajstić information content (AvgIpc) is 2.66. The third-order valence-corrected chi connectivity index (χ3v) is 2.60. The van der Waals surface area contributed by atoms with E-state index in [-0.39, 0.29) is 5.82 Å². The summed E-state index contributed by atoms with van der Waals surface area (Å²) in [5, 5.41) is 10.3. The maximum Gasteiger partial charge on any atom is 0.315 e. The number of nitrogens with zero attached hydrogens (tertiary/aromatic N) is 2. The zero-order chi connectivity index (χ0) is 11.5. The minimum Gasteiger partial charge on any atom is -0.408 e. The third kappa shape index (κ3) is 2.57. The second-order valence-electron chi connectivity index (χ2n) is 3.23. The molecule has 0 fully saturated rings. The first-order valence-corrected chi connectivity index (χ1v) is 5.42. The molecule has 0 amide bonds. The third-order valence-electron chi connectivity index (χ3n) is 1.95. The van der Waals surface area contributed by atoms with E-state index in [9.17, 15) is 4.39 Å². The lowest BCUT2D eigenvalue weighted by molar-refractivity contribution is 0.530. The number of rotatable bonds is 3. The van der Waals surface area contributed by atoms with E-state index in [0.717, 1.165) is 5.56 Å². The van der Waals surface area contributed by atoms with Gasteiger partial charge in [0.15, 0.2) is 0 Å². The van der Waals surface area contributed by atoms with E-state index in [1.54, 1.807) is 13.0 Å². The summed E-state index contributed by atoms with van der Waals surface area (Å²) in [4.78, 5) is 0. The fraction of sp³-hybridized carbons (Fsp3) is 0.200. The maximum absolute atomic E-state index is 13.2. The van der Waals surface area contributed by atoms with Crippen molar-refractivity contribution < 1.29 is 8.81 Å². The van der Waals surface area contributed by atoms with Crippen LogP contribution in [0.4, 0.5) is 10.4 Å². The van der Waals surface area contributed by atoms with Crippen LogP contribution in [0.3, 0.4) is 0 Å². The van der Waals surface area contributed by atoms with Crippen LogP contribution in [-0.2, 0) is 6.54 Å². The standard InChI is InChI=1S/C10H9BrFN3O/c1-6-14-15-10(16-6)13-5-7-2-3-8(11)9(12)4-7/h2-4H,5H2,1H3,(H,13,15). The largest absolute Gasteiger partial charge is 0.408 e. The SMILES string of the molecule is Cc1nnc(NCc2ccc(Br)c(F)c2)o1. The Bertz CT molecular complexity index is 501. The lowest BCUT2D eigenvalue weighted by atomic mass is 10.2. The van der Waals surface area contributed by atoms with Gasteiger partial charge in [-0.3, -0.25) is 0 Å². The van der Waals surface area contributed by atoms with Gasteiger partial charge in [0, 0.05) is 13.5 Å². The molecule has 16 heavy (non-hydrogen) atoms. The van der Waals surface area contributed by atoms with Crippen molar-refractivity contribution in [1.82, 2.24) is 10.2 Å². The first-order chi connectivity index (χ1) is 7.65. The minimum atomic E-state index is -0.291. The Morgan fingerprint density at radius 1 is 1.44 bits per heavy atom. The first-order valence-electron chi connectivity index (χ1n) is 4.63. The number of aromatic nitrogens is 2. The van der Waals surface area contributed by atoms with E-state index in [1.165, 1.54) is 6.07 Å². The molecule has 6 heteroatoms. The molecule has 0 aliphatic rings. The fourth-order valence-corrected chi connectivity index (χ4v) is 1.44. The van der Waals surface area contributed by atoms with Gasteiger partial charge < -0.3 is 9.73 Å². The van der Waals surface area contributed by atoms with Gasteiger partial charge in [-0.05, 0) is 33.6 Å². The van der Waals surface area contributed by atoms with Crippen LogP contribution in [0, 0.1) is 12.7 Å². The summed E-state index contributed by atoms with van der Waals surface area (Å²) in [6, 6.07) is 5.25. The number of hydrogen-bond donors (Lipinski definition) is 1. The van der Waals surface area contributed by atoms with E-state index >= 15 is 0 Å². The van der Waals surface area contributed by atoms with E-state index < -0.39 is 0 Å². The lowest BCUT2D eigenvalue weighted by Crippen LogP contribution is -2.00. The average molecular weight is 286 g/mol. The second kappa shape index (κ2) is 4.61. The Morgan fingerprint density at radius 2 is 2.25 bits per heavy atom. The van der Waals surface area contributed by atoms with Gasteiger partial charge in [0.1, 0.15) is 5.82 Å². The molecule has 1 N–H and O–H groups in total. The Morgan fingerprint density at radius 3 is 2.88 bits per heavy atom. The van der Waals surface area contributed by atoms with E-state index in [0.29, 0.717) is 22.9 Å². The Balaban J connectivity index is 2.02. The molecule has 0 unspecified atom stereocenters. The quantitative estimate of drug-likeness (QED) is 0.942. The highest BCUT2D eigenvalue weighted by Gasteiger charge is 2.03. The van der Waals surface area contributed by atoms with Gasteiger partial charge in [0.25, 0.3) is 0 Å². The molecule has 1 aromatic heterocycles. The molecule has 1 aromatic carbocycles. The molecule has 0 radical (unpaired) electrons. The lowest BCUT2D eigenvalue weighted by Gasteiger charge is -2.02. The highest BCUT2D eigenvalue weighted by atomic mass is 79.9. The van der Waals surface area contributed by atoms with Crippen LogP contribution in [0.1, 0.15) is 11.5 Å². The molecule has 0 aliphatic carbocycles. The van der Waals surface area contributed by atoms with Crippen molar-refractivity contribution in [3.05, 3.63) is 39.9 Å². The monoisotopic (exact) mass is 285 g/mol. The summed E-state index contributed by atoms with van der Waals surface area (Å²) >= 11 is 3.09. The molecule has 0 spiro atoms. The number of aryl methyl sites for hydroxylation is 1. The molecular weight excluding hydrogens is 277 g/mol. The van der Waals surface area contributed by atoms with Crippen molar-refractivity contribution in [3.8, 4) is 0 Å². The van der Waals surface area contributed by atoms with Crippen molar-refractivity contribution in [3.63, 3.8) is 0 Å². The molecule has 0 aliphatic heterocycles. The minimum absolute atomic E-state index is 0.291. The van der Waals surface area contributed by atoms with Crippen LogP contribution in [0.25, 0.3) is 0 Å². The number of nitrogens with one attached hydrogen (secondary N) is 1. The predicted molar refractivity (Wildman–Crippen MR) is 60.5 cm³/mol. The topological polar surface area (TPSA) is 51.0 Å². The molecule has 4 nitrogen and oxygen atoms in total. The van der Waals surface area contributed by atoms with E-state index in [2.05, 4.69) is 31.4 Å². The van der Waals surface area contributed by atoms with Gasteiger partial charge in [-0.15, -0.1) is 5.10 Å². The molecule has 1 heterocycles. The van der Waals surface area contributed by atoms with Crippen LogP contribution in [0.2, 0.25) is 0 Å². The number of benzene rings is 1. The van der Waals surface area contributed by atoms with Crippen molar-refractivity contribution in [2.24, 2.45) is 0 Å². The van der Waals surface area contributed by atoms with Crippen LogP contribution >= 0.6 is 15.9 Å². The van der Waals surface area contributed by atoms with Crippen molar-refractivity contribution in [2.75, 3.05) is 5.32 Å². The molecular formula is C10H9BrFN3O. The summed E-state index contributed by atoms with van der Waals surface area (Å²) in [6.07, 6.45) is 0. The molecule has 84 valence electrons. The summed E-state index contributed by atoms with van der Waals surface area (Å²) in [7, 11) is 0. The van der Waals surface area contributed by atoms with Crippen LogP contribution in [-0.4, -0.2) is 10.2 Å². The molecule has 0 atom stereocenters. The van der Waals surface area contributed by atoms with Crippen molar-refractivity contribution >= 4 is 21.9 Å². The van der Waals surface area contributed by atoms with Gasteiger partial charge >= 0.3 is 6.01 Å². The summed E-state index contributed by atoms with van der Waals surface area (Å²) in [5.41, 5.74) is 0.802. The van der Waals surface area contributed by atoms with E-state index in [4.69, 9.17) is 4.42 Å². The maximum atomic E-state index is 13.2. The predicted octanol–water partition coefficient (Wildman–Crippen LogP) is 2.89. The van der Waals surface area contributed by atoms with Gasteiger partial charge in [0.05, 0.1) is 4.47 Å². The number of anilines is 1. The summed E-state index contributed by atoms with van der Waals surface area (Å²) in [6.45, 7) is 2.14. The van der Waals surface area contributed by atoms with Crippen LogP contribution in [0.5, 0.6) is 0 Å². The van der Waals surface area contributed by atoms with Gasteiger partial charge in [-0.25, -0.2) is 4.39 Å². The Kier molecular flexibility index (Phi) is 3.19. The van der Waals surface area contributed by atoms with Crippen molar-refractivity contribution in [1.29, 1.82) is 0 Å². The molecule has 2 rings (SSSR count). The first kappa shape index (κ1) is 11.1. The summed E-state index contributed by atoms with van der Waals surface area (Å²) in [5.74, 6) is 0.200. The zero-order valence-corrected chi connectivity index (χ0v) is 10.1. The molecule has 0 bridgehead atoms. The van der Waals surface area contributed by atoms with Crippen molar-refractivity contribution in [2.45, 2.75) is 13.5 Å².